The van der Waals surface area contributed by atoms with E-state index < -0.39 is 0 Å². The molecule has 2 aromatic carbocycles. The predicted octanol–water partition coefficient (Wildman–Crippen LogP) is 5.43. The van der Waals surface area contributed by atoms with Crippen LogP contribution in [0.1, 0.15) is 56.5 Å². The molecule has 0 saturated carbocycles. The van der Waals surface area contributed by atoms with Gasteiger partial charge >= 0.3 is 0 Å². The van der Waals surface area contributed by atoms with Crippen molar-refractivity contribution in [2.75, 3.05) is 0 Å². The van der Waals surface area contributed by atoms with Crippen LogP contribution in [0.4, 0.5) is 0 Å². The number of hydrogen-bond donors (Lipinski definition) is 3. The molecule has 7 nitrogen and oxygen atoms in total. The first-order chi connectivity index (χ1) is 16.1. The van der Waals surface area contributed by atoms with E-state index in [1.54, 1.807) is 42.7 Å². The molecule has 1 aliphatic heterocycles. The minimum atomic E-state index is -0.174. The van der Waals surface area contributed by atoms with Crippen molar-refractivity contribution in [3.8, 4) is 28.7 Å². The Kier molecular flexibility index (Phi) is 6.39. The number of ether oxygens (including phenoxy) is 1. The molecule has 8 heteroatoms. The summed E-state index contributed by atoms with van der Waals surface area (Å²) in [7, 11) is 0. The molecule has 3 N–H and O–H groups in total. The Morgan fingerprint density at radius 3 is 2.53 bits per heavy atom. The number of carbonyl (C=O) groups is 1. The number of benzene rings is 2. The molecule has 34 heavy (non-hydrogen) atoms. The normalized spacial score (nSPS) is 17.1. The van der Waals surface area contributed by atoms with Gasteiger partial charge in [-0.3, -0.25) is 9.89 Å². The van der Waals surface area contributed by atoms with Gasteiger partial charge in [0.15, 0.2) is 0 Å². The number of nitrogens with one attached hydrogen (secondary N) is 3. The van der Waals surface area contributed by atoms with Gasteiger partial charge in [0.25, 0.3) is 5.91 Å². The second-order valence-electron chi connectivity index (χ2n) is 10.00. The van der Waals surface area contributed by atoms with Crippen LogP contribution in [0, 0.1) is 11.3 Å². The second kappa shape index (κ2) is 9.13. The van der Waals surface area contributed by atoms with Crippen LogP contribution in [-0.2, 0) is 0 Å². The lowest BCUT2D eigenvalue weighted by atomic mass is 9.79. The number of amides is 1. The second-order valence-corrected chi connectivity index (χ2v) is 10.4. The Balaban J connectivity index is 1.52. The lowest BCUT2D eigenvalue weighted by molar-refractivity contribution is 0.0873. The minimum Gasteiger partial charge on any atom is -0.454 e. The zero-order valence-electron chi connectivity index (χ0n) is 19.7. The first-order valence-corrected chi connectivity index (χ1v) is 11.5. The molecule has 176 valence electrons. The van der Waals surface area contributed by atoms with Crippen LogP contribution < -0.4 is 15.4 Å². The number of rotatable bonds is 5. The van der Waals surface area contributed by atoms with Crippen molar-refractivity contribution in [3.63, 3.8) is 0 Å². The number of H-pyrrole nitrogens is 1. The lowest BCUT2D eigenvalue weighted by Crippen LogP contribution is -2.62. The summed E-state index contributed by atoms with van der Waals surface area (Å²) in [5.41, 5.74) is 2.17. The van der Waals surface area contributed by atoms with Crippen LogP contribution in [0.3, 0.4) is 0 Å². The maximum atomic E-state index is 13.0. The van der Waals surface area contributed by atoms with Gasteiger partial charge in [-0.05, 0) is 64.8 Å². The molecule has 4 rings (SSSR count). The number of aromatic amines is 1. The van der Waals surface area contributed by atoms with Gasteiger partial charge in [0.05, 0.1) is 11.2 Å². The highest BCUT2D eigenvalue weighted by molar-refractivity contribution is 6.32. The zero-order chi connectivity index (χ0) is 24.5. The van der Waals surface area contributed by atoms with Crippen LogP contribution in [0.25, 0.3) is 11.1 Å². The van der Waals surface area contributed by atoms with E-state index in [9.17, 15) is 10.1 Å². The van der Waals surface area contributed by atoms with Gasteiger partial charge in [0, 0.05) is 40.0 Å². The van der Waals surface area contributed by atoms with E-state index in [4.69, 9.17) is 16.3 Å². The highest BCUT2D eigenvalue weighted by atomic mass is 35.5. The minimum absolute atomic E-state index is 0.0531. The molecule has 0 aliphatic carbocycles. The number of nitrogens with zero attached hydrogens (tertiary/aromatic N) is 2. The Hall–Kier alpha value is -3.34. The van der Waals surface area contributed by atoms with Gasteiger partial charge in [0.2, 0.25) is 0 Å². The molecule has 0 bridgehead atoms. The van der Waals surface area contributed by atoms with E-state index in [2.05, 4.69) is 54.6 Å². The Morgan fingerprint density at radius 2 is 1.91 bits per heavy atom. The van der Waals surface area contributed by atoms with Crippen molar-refractivity contribution in [3.05, 3.63) is 64.9 Å². The summed E-state index contributed by atoms with van der Waals surface area (Å²) in [5.74, 6) is 0.564. The van der Waals surface area contributed by atoms with Crippen molar-refractivity contribution < 1.29 is 9.53 Å². The molecule has 0 spiro atoms. The van der Waals surface area contributed by atoms with E-state index in [-0.39, 0.29) is 28.0 Å². The zero-order valence-corrected chi connectivity index (χ0v) is 20.5. The molecule has 1 saturated heterocycles. The predicted molar refractivity (Wildman–Crippen MR) is 132 cm³/mol. The number of piperidine rings is 1. The maximum absolute atomic E-state index is 13.0. The Morgan fingerprint density at radius 1 is 1.18 bits per heavy atom. The third-order valence-corrected chi connectivity index (χ3v) is 6.18. The quantitative estimate of drug-likeness (QED) is 0.454. The first kappa shape index (κ1) is 23.8. The molecule has 1 amide bonds. The van der Waals surface area contributed by atoms with E-state index in [0.717, 1.165) is 18.4 Å². The Bertz CT molecular complexity index is 1230. The summed E-state index contributed by atoms with van der Waals surface area (Å²) in [6, 6.07) is 12.5. The average molecular weight is 478 g/mol. The van der Waals surface area contributed by atoms with Crippen LogP contribution in [-0.4, -0.2) is 33.2 Å². The van der Waals surface area contributed by atoms with Crippen molar-refractivity contribution in [2.45, 2.75) is 57.7 Å². The Labute approximate surface area is 204 Å². The van der Waals surface area contributed by atoms with Gasteiger partial charge < -0.3 is 15.4 Å². The lowest BCUT2D eigenvalue weighted by Gasteiger charge is -2.46. The standard InChI is InChI=1S/C26H28ClN5O2/c1-25(2)11-18(12-26(3,4)32-25)31-24(33)16-8-9-23(21(27)10-16)34-22-7-5-6-19(20(22)13-28)17-14-29-30-15-17/h5-10,14-15,18,32H,11-12H2,1-4H3,(H,29,30)(H,31,33). The fraction of sp³-hybridized carbons (Fsp3) is 0.346. The molecule has 1 aromatic heterocycles. The van der Waals surface area contributed by atoms with Gasteiger partial charge in [-0.2, -0.15) is 10.4 Å². The average Bonchev–Trinajstić information content (AvgIpc) is 3.27. The molecular formula is C26H28ClN5O2. The molecule has 2 heterocycles. The SMILES string of the molecule is CC1(C)CC(NC(=O)c2ccc(Oc3cccc(-c4cn[nH]c4)c3C#N)c(Cl)c2)CC(C)(C)N1. The van der Waals surface area contributed by atoms with E-state index >= 15 is 0 Å². The number of aromatic nitrogens is 2. The number of nitriles is 1. The van der Waals surface area contributed by atoms with Gasteiger partial charge in [-0.1, -0.05) is 23.7 Å². The van der Waals surface area contributed by atoms with Crippen molar-refractivity contribution in [1.29, 1.82) is 5.26 Å². The van der Waals surface area contributed by atoms with Crippen LogP contribution in [0.5, 0.6) is 11.5 Å². The summed E-state index contributed by atoms with van der Waals surface area (Å²) < 4.78 is 5.98. The van der Waals surface area contributed by atoms with Crippen molar-refractivity contribution >= 4 is 17.5 Å². The summed E-state index contributed by atoms with van der Waals surface area (Å²) in [6.07, 6.45) is 5.03. The highest BCUT2D eigenvalue weighted by Gasteiger charge is 2.38. The highest BCUT2D eigenvalue weighted by Crippen LogP contribution is 2.36. The summed E-state index contributed by atoms with van der Waals surface area (Å²) >= 11 is 6.48. The molecule has 0 atom stereocenters. The van der Waals surface area contributed by atoms with Gasteiger partial charge in [-0.15, -0.1) is 0 Å². The fourth-order valence-corrected chi connectivity index (χ4v) is 5.13. The van der Waals surface area contributed by atoms with E-state index in [1.807, 2.05) is 6.07 Å². The van der Waals surface area contributed by atoms with Crippen molar-refractivity contribution in [2.24, 2.45) is 0 Å². The van der Waals surface area contributed by atoms with Gasteiger partial charge in [-0.25, -0.2) is 0 Å². The van der Waals surface area contributed by atoms with Crippen LogP contribution in [0.2, 0.25) is 5.02 Å². The van der Waals surface area contributed by atoms with Crippen molar-refractivity contribution in [1.82, 2.24) is 20.8 Å². The topological polar surface area (TPSA) is 103 Å². The molecular weight excluding hydrogens is 450 g/mol. The molecule has 3 aromatic rings. The summed E-state index contributed by atoms with van der Waals surface area (Å²) in [5, 5.41) is 23.5. The molecule has 0 radical (unpaired) electrons. The summed E-state index contributed by atoms with van der Waals surface area (Å²) in [4.78, 5) is 13.0. The summed E-state index contributed by atoms with van der Waals surface area (Å²) in [6.45, 7) is 8.58. The fourth-order valence-electron chi connectivity index (χ4n) is 4.91. The maximum Gasteiger partial charge on any atom is 0.251 e. The molecule has 0 unspecified atom stereocenters. The van der Waals surface area contributed by atoms with Crippen LogP contribution in [0.15, 0.2) is 48.8 Å². The molecule has 1 fully saturated rings. The molecule has 1 aliphatic rings. The smallest absolute Gasteiger partial charge is 0.251 e. The largest absolute Gasteiger partial charge is 0.454 e. The number of halogens is 1. The third-order valence-electron chi connectivity index (χ3n) is 5.89. The monoisotopic (exact) mass is 477 g/mol. The third kappa shape index (κ3) is 5.24. The van der Waals surface area contributed by atoms with E-state index in [0.29, 0.717) is 28.2 Å². The number of carbonyl (C=O) groups excluding carboxylic acids is 1. The van der Waals surface area contributed by atoms with E-state index in [1.165, 1.54) is 0 Å². The first-order valence-electron chi connectivity index (χ1n) is 11.2. The van der Waals surface area contributed by atoms with Gasteiger partial charge in [0.1, 0.15) is 23.1 Å². The number of hydrogen-bond acceptors (Lipinski definition) is 5. The van der Waals surface area contributed by atoms with Crippen LogP contribution >= 0.6 is 11.6 Å².